The number of carbonyl (C=O) groups excluding carboxylic acids is 2. The molecule has 0 saturated carbocycles. The number of amides is 2. The quantitative estimate of drug-likeness (QED) is 0.912. The Labute approximate surface area is 126 Å². The number of methoxy groups -OCH3 is 1. The fraction of sp³-hybridized carbons (Fsp3) is 0.429. The Morgan fingerprint density at radius 1 is 1.45 bits per heavy atom. The Morgan fingerprint density at radius 2 is 2.20 bits per heavy atom. The van der Waals surface area contributed by atoms with E-state index >= 15 is 0 Å². The maximum absolute atomic E-state index is 12.5. The zero-order chi connectivity index (χ0) is 14.7. The molecule has 108 valence electrons. The van der Waals surface area contributed by atoms with Crippen molar-refractivity contribution in [2.75, 3.05) is 18.6 Å². The van der Waals surface area contributed by atoms with Crippen molar-refractivity contribution in [3.8, 4) is 5.75 Å². The maximum Gasteiger partial charge on any atom is 0.250 e. The number of halogens is 1. The average molecular weight is 341 g/mol. The first-order valence-electron chi connectivity index (χ1n) is 6.51. The molecule has 0 radical (unpaired) electrons. The van der Waals surface area contributed by atoms with Crippen LogP contribution in [-0.4, -0.2) is 31.5 Å². The molecule has 2 rings (SSSR count). The van der Waals surface area contributed by atoms with E-state index in [0.29, 0.717) is 17.9 Å². The summed E-state index contributed by atoms with van der Waals surface area (Å²) in [6, 6.07) is 4.94. The molecule has 1 aliphatic rings. The second kappa shape index (κ2) is 6.26. The van der Waals surface area contributed by atoms with Crippen LogP contribution in [0.5, 0.6) is 5.75 Å². The van der Waals surface area contributed by atoms with E-state index in [-0.39, 0.29) is 18.4 Å². The minimum absolute atomic E-state index is 0.0197. The van der Waals surface area contributed by atoms with Crippen molar-refractivity contribution in [2.24, 2.45) is 0 Å². The number of carbonyl (C=O) groups is 2. The van der Waals surface area contributed by atoms with E-state index in [0.717, 1.165) is 10.9 Å². The summed E-state index contributed by atoms with van der Waals surface area (Å²) in [5.41, 5.74) is 0.614. The first kappa shape index (κ1) is 14.8. The van der Waals surface area contributed by atoms with Crippen LogP contribution in [0.2, 0.25) is 0 Å². The number of nitrogens with one attached hydrogen (secondary N) is 1. The van der Waals surface area contributed by atoms with Gasteiger partial charge in [-0.1, -0.05) is 29.3 Å². The number of ether oxygens (including phenoxy) is 1. The molecular formula is C14H17BrN2O3. The molecule has 0 spiro atoms. The smallest absolute Gasteiger partial charge is 0.250 e. The SMILES string of the molecule is CCCC1NC(=O)CN(c2cc(Br)ccc2OC)C1=O. The summed E-state index contributed by atoms with van der Waals surface area (Å²) in [5.74, 6) is 0.333. The molecule has 1 atom stereocenters. The molecule has 1 aromatic carbocycles. The van der Waals surface area contributed by atoms with Crippen LogP contribution in [0, 0.1) is 0 Å². The van der Waals surface area contributed by atoms with Gasteiger partial charge in [0.05, 0.1) is 12.8 Å². The molecule has 5 nitrogen and oxygen atoms in total. The van der Waals surface area contributed by atoms with E-state index in [1.54, 1.807) is 19.2 Å². The van der Waals surface area contributed by atoms with E-state index in [2.05, 4.69) is 21.2 Å². The highest BCUT2D eigenvalue weighted by molar-refractivity contribution is 9.10. The van der Waals surface area contributed by atoms with Crippen molar-refractivity contribution in [3.63, 3.8) is 0 Å². The standard InChI is InChI=1S/C14H17BrN2O3/c1-3-4-10-14(19)17(8-13(18)16-10)11-7-9(15)5-6-12(11)20-2/h5-7,10H,3-4,8H2,1-2H3,(H,16,18). The number of anilines is 1. The van der Waals surface area contributed by atoms with Gasteiger partial charge < -0.3 is 10.1 Å². The number of piperazine rings is 1. The molecule has 1 aromatic rings. The molecule has 0 aliphatic carbocycles. The molecule has 1 fully saturated rings. The summed E-state index contributed by atoms with van der Waals surface area (Å²) in [6.07, 6.45) is 1.47. The Morgan fingerprint density at radius 3 is 2.85 bits per heavy atom. The van der Waals surface area contributed by atoms with Gasteiger partial charge in [-0.3, -0.25) is 14.5 Å². The summed E-state index contributed by atoms with van der Waals surface area (Å²) in [4.78, 5) is 25.8. The van der Waals surface area contributed by atoms with Crippen LogP contribution in [-0.2, 0) is 9.59 Å². The lowest BCUT2D eigenvalue weighted by Crippen LogP contribution is -2.58. The lowest BCUT2D eigenvalue weighted by molar-refractivity contribution is -0.131. The first-order valence-corrected chi connectivity index (χ1v) is 7.30. The molecule has 1 unspecified atom stereocenters. The van der Waals surface area contributed by atoms with E-state index < -0.39 is 6.04 Å². The van der Waals surface area contributed by atoms with Gasteiger partial charge in [-0.05, 0) is 24.6 Å². The van der Waals surface area contributed by atoms with Crippen LogP contribution in [0.3, 0.4) is 0 Å². The van der Waals surface area contributed by atoms with Gasteiger partial charge in [-0.2, -0.15) is 0 Å². The van der Waals surface area contributed by atoms with Crippen molar-refractivity contribution in [1.82, 2.24) is 5.32 Å². The van der Waals surface area contributed by atoms with Crippen LogP contribution < -0.4 is 15.0 Å². The number of hydrogen-bond acceptors (Lipinski definition) is 3. The zero-order valence-corrected chi connectivity index (χ0v) is 13.1. The predicted octanol–water partition coefficient (Wildman–Crippen LogP) is 2.09. The highest BCUT2D eigenvalue weighted by Crippen LogP contribution is 2.32. The third-order valence-electron chi connectivity index (χ3n) is 3.21. The van der Waals surface area contributed by atoms with E-state index in [1.807, 2.05) is 13.0 Å². The number of benzene rings is 1. The monoisotopic (exact) mass is 340 g/mol. The summed E-state index contributed by atoms with van der Waals surface area (Å²) in [6.45, 7) is 2.00. The van der Waals surface area contributed by atoms with Crippen LogP contribution in [0.4, 0.5) is 5.69 Å². The van der Waals surface area contributed by atoms with Crippen LogP contribution in [0.15, 0.2) is 22.7 Å². The summed E-state index contributed by atoms with van der Waals surface area (Å²) in [5, 5.41) is 2.74. The highest BCUT2D eigenvalue weighted by atomic mass is 79.9. The second-order valence-corrected chi connectivity index (χ2v) is 5.57. The zero-order valence-electron chi connectivity index (χ0n) is 11.5. The maximum atomic E-state index is 12.5. The van der Waals surface area contributed by atoms with Gasteiger partial charge in [0.2, 0.25) is 11.8 Å². The van der Waals surface area contributed by atoms with Crippen molar-refractivity contribution >= 4 is 33.4 Å². The van der Waals surface area contributed by atoms with Gasteiger partial charge in [-0.25, -0.2) is 0 Å². The third kappa shape index (κ3) is 2.95. The summed E-state index contributed by atoms with van der Waals surface area (Å²) < 4.78 is 6.12. The normalized spacial score (nSPS) is 18.9. The molecule has 1 saturated heterocycles. The molecule has 6 heteroatoms. The lowest BCUT2D eigenvalue weighted by atomic mass is 10.1. The Hall–Kier alpha value is -1.56. The van der Waals surface area contributed by atoms with Gasteiger partial charge in [0.25, 0.3) is 0 Å². The Kier molecular flexibility index (Phi) is 4.65. The first-order chi connectivity index (χ1) is 9.56. The molecular weight excluding hydrogens is 324 g/mol. The van der Waals surface area contributed by atoms with Gasteiger partial charge >= 0.3 is 0 Å². The largest absolute Gasteiger partial charge is 0.495 e. The van der Waals surface area contributed by atoms with Gasteiger partial charge in [-0.15, -0.1) is 0 Å². The van der Waals surface area contributed by atoms with E-state index in [1.165, 1.54) is 4.90 Å². The van der Waals surface area contributed by atoms with Crippen molar-refractivity contribution in [3.05, 3.63) is 22.7 Å². The minimum atomic E-state index is -0.454. The van der Waals surface area contributed by atoms with Crippen molar-refractivity contribution in [1.29, 1.82) is 0 Å². The van der Waals surface area contributed by atoms with Crippen molar-refractivity contribution in [2.45, 2.75) is 25.8 Å². The Balaban J connectivity index is 2.37. The predicted molar refractivity (Wildman–Crippen MR) is 79.9 cm³/mol. The highest BCUT2D eigenvalue weighted by Gasteiger charge is 2.34. The molecule has 1 N–H and O–H groups in total. The minimum Gasteiger partial charge on any atom is -0.495 e. The number of hydrogen-bond donors (Lipinski definition) is 1. The van der Waals surface area contributed by atoms with Gasteiger partial charge in [0, 0.05) is 4.47 Å². The van der Waals surface area contributed by atoms with Crippen LogP contribution >= 0.6 is 15.9 Å². The second-order valence-electron chi connectivity index (χ2n) is 4.65. The van der Waals surface area contributed by atoms with Crippen molar-refractivity contribution < 1.29 is 14.3 Å². The average Bonchev–Trinajstić information content (AvgIpc) is 2.42. The lowest BCUT2D eigenvalue weighted by Gasteiger charge is -2.33. The topological polar surface area (TPSA) is 58.6 Å². The van der Waals surface area contributed by atoms with Gasteiger partial charge in [0.15, 0.2) is 0 Å². The molecule has 20 heavy (non-hydrogen) atoms. The summed E-state index contributed by atoms with van der Waals surface area (Å²) in [7, 11) is 1.55. The summed E-state index contributed by atoms with van der Waals surface area (Å²) >= 11 is 3.38. The number of rotatable bonds is 4. The molecule has 0 bridgehead atoms. The Bertz CT molecular complexity index is 533. The van der Waals surface area contributed by atoms with E-state index in [9.17, 15) is 9.59 Å². The molecule has 0 aromatic heterocycles. The van der Waals surface area contributed by atoms with E-state index in [4.69, 9.17) is 4.74 Å². The van der Waals surface area contributed by atoms with Crippen LogP contribution in [0.1, 0.15) is 19.8 Å². The molecule has 2 amide bonds. The third-order valence-corrected chi connectivity index (χ3v) is 3.70. The number of nitrogens with zero attached hydrogens (tertiary/aromatic N) is 1. The van der Waals surface area contributed by atoms with Gasteiger partial charge in [0.1, 0.15) is 18.3 Å². The fourth-order valence-corrected chi connectivity index (χ4v) is 2.62. The van der Waals surface area contributed by atoms with Crippen LogP contribution in [0.25, 0.3) is 0 Å². The molecule has 1 heterocycles. The molecule has 1 aliphatic heterocycles. The fourth-order valence-electron chi connectivity index (χ4n) is 2.27.